The first-order valence-corrected chi connectivity index (χ1v) is 5.79. The standard InChI is InChI=1S/C11H20N2O2.ClH/c1-11(7-12,8-4-5-8)13-10(14)9-3-2-6-15-9;/h8-9H,2-7,12H2,1H3,(H,13,14);1H. The average molecular weight is 249 g/mol. The number of nitrogens with one attached hydrogen (secondary N) is 1. The van der Waals surface area contributed by atoms with Gasteiger partial charge in [0.1, 0.15) is 6.10 Å². The van der Waals surface area contributed by atoms with Gasteiger partial charge in [-0.15, -0.1) is 12.4 Å². The zero-order valence-corrected chi connectivity index (χ0v) is 10.5. The largest absolute Gasteiger partial charge is 0.368 e. The molecule has 3 N–H and O–H groups in total. The van der Waals surface area contributed by atoms with Crippen molar-refractivity contribution < 1.29 is 9.53 Å². The van der Waals surface area contributed by atoms with Gasteiger partial charge in [-0.2, -0.15) is 0 Å². The van der Waals surface area contributed by atoms with Gasteiger partial charge in [0.15, 0.2) is 0 Å². The normalized spacial score (nSPS) is 28.0. The van der Waals surface area contributed by atoms with E-state index in [1.165, 1.54) is 12.8 Å². The molecular weight excluding hydrogens is 228 g/mol. The number of carbonyl (C=O) groups excluding carboxylic acids is 1. The van der Waals surface area contributed by atoms with Crippen molar-refractivity contribution in [2.75, 3.05) is 13.2 Å². The molecule has 16 heavy (non-hydrogen) atoms. The van der Waals surface area contributed by atoms with Crippen molar-refractivity contribution in [3.8, 4) is 0 Å². The van der Waals surface area contributed by atoms with Gasteiger partial charge >= 0.3 is 0 Å². The number of nitrogens with two attached hydrogens (primary N) is 1. The van der Waals surface area contributed by atoms with Crippen LogP contribution in [0.25, 0.3) is 0 Å². The molecule has 5 heteroatoms. The van der Waals surface area contributed by atoms with Crippen LogP contribution in [0, 0.1) is 5.92 Å². The highest BCUT2D eigenvalue weighted by molar-refractivity contribution is 5.85. The van der Waals surface area contributed by atoms with Gasteiger partial charge in [-0.25, -0.2) is 0 Å². The molecule has 2 fully saturated rings. The SMILES string of the molecule is CC(CN)(NC(=O)C1CCCO1)C1CC1.Cl. The molecule has 0 aromatic heterocycles. The molecule has 2 unspecified atom stereocenters. The third-order valence-corrected chi connectivity index (χ3v) is 3.53. The number of hydrogen-bond donors (Lipinski definition) is 2. The van der Waals surface area contributed by atoms with E-state index in [4.69, 9.17) is 10.5 Å². The van der Waals surface area contributed by atoms with E-state index in [9.17, 15) is 4.79 Å². The maximum absolute atomic E-state index is 11.9. The van der Waals surface area contributed by atoms with Crippen molar-refractivity contribution in [1.29, 1.82) is 0 Å². The lowest BCUT2D eigenvalue weighted by molar-refractivity contribution is -0.132. The molecule has 1 aliphatic carbocycles. The van der Waals surface area contributed by atoms with Crippen molar-refractivity contribution in [3.05, 3.63) is 0 Å². The minimum Gasteiger partial charge on any atom is -0.368 e. The van der Waals surface area contributed by atoms with Crippen LogP contribution in [0.4, 0.5) is 0 Å². The van der Waals surface area contributed by atoms with Crippen LogP contribution in [0.3, 0.4) is 0 Å². The second-order valence-electron chi connectivity index (χ2n) is 4.89. The molecule has 94 valence electrons. The number of halogens is 1. The Kier molecular flexibility index (Phi) is 4.59. The first kappa shape index (κ1) is 13.7. The van der Waals surface area contributed by atoms with E-state index < -0.39 is 0 Å². The lowest BCUT2D eigenvalue weighted by Gasteiger charge is -2.30. The van der Waals surface area contributed by atoms with Gasteiger partial charge in [0.25, 0.3) is 0 Å². The Balaban J connectivity index is 0.00000128. The number of amides is 1. The predicted molar refractivity (Wildman–Crippen MR) is 64.5 cm³/mol. The number of ether oxygens (including phenoxy) is 1. The summed E-state index contributed by atoms with van der Waals surface area (Å²) in [5.41, 5.74) is 5.52. The molecule has 2 atom stereocenters. The second kappa shape index (κ2) is 5.34. The van der Waals surface area contributed by atoms with Crippen LogP contribution in [0.15, 0.2) is 0 Å². The average Bonchev–Trinajstić information content (AvgIpc) is 2.94. The van der Waals surface area contributed by atoms with E-state index in [0.717, 1.165) is 12.8 Å². The topological polar surface area (TPSA) is 64.3 Å². The van der Waals surface area contributed by atoms with E-state index in [1.807, 2.05) is 6.92 Å². The van der Waals surface area contributed by atoms with Gasteiger partial charge in [-0.1, -0.05) is 0 Å². The Bertz CT molecular complexity index is 252. The first-order valence-electron chi connectivity index (χ1n) is 5.79. The van der Waals surface area contributed by atoms with Gasteiger partial charge in [0.05, 0.1) is 5.54 Å². The second-order valence-corrected chi connectivity index (χ2v) is 4.89. The summed E-state index contributed by atoms with van der Waals surface area (Å²) < 4.78 is 5.35. The fourth-order valence-corrected chi connectivity index (χ4v) is 2.19. The van der Waals surface area contributed by atoms with Crippen molar-refractivity contribution in [2.45, 2.75) is 44.2 Å². The molecule has 1 saturated heterocycles. The molecule has 2 aliphatic rings. The van der Waals surface area contributed by atoms with Crippen LogP contribution in [0.2, 0.25) is 0 Å². The Labute approximate surface area is 103 Å². The Morgan fingerprint density at radius 2 is 2.19 bits per heavy atom. The summed E-state index contributed by atoms with van der Waals surface area (Å²) in [6.07, 6.45) is 3.95. The lowest BCUT2D eigenvalue weighted by Crippen LogP contribution is -2.55. The summed E-state index contributed by atoms with van der Waals surface area (Å²) in [5.74, 6) is 0.584. The molecule has 1 aliphatic heterocycles. The molecule has 1 saturated carbocycles. The van der Waals surface area contributed by atoms with Gasteiger partial charge < -0.3 is 15.8 Å². The molecule has 0 aromatic carbocycles. The molecule has 0 bridgehead atoms. The van der Waals surface area contributed by atoms with Crippen LogP contribution in [0.5, 0.6) is 0 Å². The summed E-state index contributed by atoms with van der Waals surface area (Å²) in [6, 6.07) is 0. The Morgan fingerprint density at radius 1 is 1.50 bits per heavy atom. The molecule has 0 aromatic rings. The van der Waals surface area contributed by atoms with Gasteiger partial charge in [-0.3, -0.25) is 4.79 Å². The highest BCUT2D eigenvalue weighted by atomic mass is 35.5. The maximum Gasteiger partial charge on any atom is 0.249 e. The summed E-state index contributed by atoms with van der Waals surface area (Å²) in [7, 11) is 0. The zero-order chi connectivity index (χ0) is 10.9. The predicted octanol–water partition coefficient (Wildman–Crippen LogP) is 0.831. The molecule has 2 rings (SSSR count). The minimum atomic E-state index is -0.241. The third kappa shape index (κ3) is 2.87. The highest BCUT2D eigenvalue weighted by Crippen LogP contribution is 2.39. The highest BCUT2D eigenvalue weighted by Gasteiger charge is 2.42. The van der Waals surface area contributed by atoms with Crippen LogP contribution in [0.1, 0.15) is 32.6 Å². The van der Waals surface area contributed by atoms with E-state index in [2.05, 4.69) is 5.32 Å². The molecule has 0 spiro atoms. The molecular formula is C11H21ClN2O2. The lowest BCUT2D eigenvalue weighted by atomic mass is 9.95. The molecule has 1 amide bonds. The zero-order valence-electron chi connectivity index (χ0n) is 9.70. The molecule has 4 nitrogen and oxygen atoms in total. The van der Waals surface area contributed by atoms with E-state index >= 15 is 0 Å². The van der Waals surface area contributed by atoms with Crippen LogP contribution >= 0.6 is 12.4 Å². The van der Waals surface area contributed by atoms with E-state index in [0.29, 0.717) is 19.1 Å². The summed E-state index contributed by atoms with van der Waals surface area (Å²) in [5, 5.41) is 3.06. The van der Waals surface area contributed by atoms with Crippen LogP contribution < -0.4 is 11.1 Å². The monoisotopic (exact) mass is 248 g/mol. The Morgan fingerprint density at radius 3 is 2.62 bits per heavy atom. The van der Waals surface area contributed by atoms with Crippen molar-refractivity contribution in [3.63, 3.8) is 0 Å². The maximum atomic E-state index is 11.9. The van der Waals surface area contributed by atoms with Crippen LogP contribution in [-0.2, 0) is 9.53 Å². The summed E-state index contributed by atoms with van der Waals surface area (Å²) in [6.45, 7) is 3.26. The number of hydrogen-bond acceptors (Lipinski definition) is 3. The van der Waals surface area contributed by atoms with Gasteiger partial charge in [0.2, 0.25) is 5.91 Å². The first-order chi connectivity index (χ1) is 7.15. The van der Waals surface area contributed by atoms with Crippen molar-refractivity contribution in [2.24, 2.45) is 11.7 Å². The third-order valence-electron chi connectivity index (χ3n) is 3.53. The fourth-order valence-electron chi connectivity index (χ4n) is 2.19. The fraction of sp³-hybridized carbons (Fsp3) is 0.909. The number of rotatable bonds is 4. The minimum absolute atomic E-state index is 0. The van der Waals surface area contributed by atoms with Crippen molar-refractivity contribution >= 4 is 18.3 Å². The van der Waals surface area contributed by atoms with Crippen molar-refractivity contribution in [1.82, 2.24) is 5.32 Å². The van der Waals surface area contributed by atoms with Gasteiger partial charge in [0, 0.05) is 13.2 Å². The number of carbonyl (C=O) groups is 1. The Hall–Kier alpha value is -0.320. The summed E-state index contributed by atoms with van der Waals surface area (Å²) in [4.78, 5) is 11.9. The molecule has 1 heterocycles. The smallest absolute Gasteiger partial charge is 0.249 e. The quantitative estimate of drug-likeness (QED) is 0.775. The summed E-state index contributed by atoms with van der Waals surface area (Å²) >= 11 is 0. The van der Waals surface area contributed by atoms with E-state index in [1.54, 1.807) is 0 Å². The van der Waals surface area contributed by atoms with Crippen LogP contribution in [-0.4, -0.2) is 30.7 Å². The molecule has 0 radical (unpaired) electrons. The van der Waals surface area contributed by atoms with Gasteiger partial charge in [-0.05, 0) is 38.5 Å². The van der Waals surface area contributed by atoms with E-state index in [-0.39, 0.29) is 30.0 Å².